The maximum absolute atomic E-state index is 12.1. The van der Waals surface area contributed by atoms with Gasteiger partial charge in [0.15, 0.2) is 6.61 Å². The van der Waals surface area contributed by atoms with Gasteiger partial charge in [0, 0.05) is 4.47 Å². The lowest BCUT2D eigenvalue weighted by Crippen LogP contribution is -2.19. The van der Waals surface area contributed by atoms with E-state index in [1.54, 1.807) is 6.07 Å². The normalized spacial score (nSPS) is 10.7. The number of carbonyl (C=O) groups excluding carboxylic acids is 1. The molecule has 0 aliphatic heterocycles. The Balaban J connectivity index is 2.04. The largest absolute Gasteiger partial charge is 0.482 e. The molecule has 0 aliphatic rings. The molecule has 0 unspecified atom stereocenters. The molecule has 4 heteroatoms. The van der Waals surface area contributed by atoms with Crippen LogP contribution in [0.5, 0.6) is 11.5 Å². The van der Waals surface area contributed by atoms with E-state index >= 15 is 0 Å². The van der Waals surface area contributed by atoms with E-state index in [0.29, 0.717) is 11.5 Å². The van der Waals surface area contributed by atoms with Gasteiger partial charge in [-0.25, -0.2) is 4.79 Å². The first-order valence-electron chi connectivity index (χ1n) is 7.57. The number of ether oxygens (including phenoxy) is 2. The highest BCUT2D eigenvalue weighted by Gasteiger charge is 2.13. The third-order valence-electron chi connectivity index (χ3n) is 3.51. The van der Waals surface area contributed by atoms with E-state index in [9.17, 15) is 4.79 Å². The van der Waals surface area contributed by atoms with Gasteiger partial charge in [0.25, 0.3) is 0 Å². The van der Waals surface area contributed by atoms with Crippen molar-refractivity contribution in [2.75, 3.05) is 6.61 Å². The van der Waals surface area contributed by atoms with Crippen LogP contribution in [-0.4, -0.2) is 12.6 Å². The molecule has 0 N–H and O–H groups in total. The molecule has 0 spiro atoms. The molecular weight excluding hydrogens is 356 g/mol. The zero-order valence-corrected chi connectivity index (χ0v) is 15.4. The van der Waals surface area contributed by atoms with Crippen LogP contribution in [0.1, 0.15) is 36.5 Å². The Labute approximate surface area is 145 Å². The average molecular weight is 377 g/mol. The van der Waals surface area contributed by atoms with Crippen molar-refractivity contribution in [3.8, 4) is 11.5 Å². The molecular formula is C19H21BrO3. The molecule has 0 heterocycles. The van der Waals surface area contributed by atoms with Crippen molar-refractivity contribution < 1.29 is 14.3 Å². The van der Waals surface area contributed by atoms with Crippen molar-refractivity contribution in [3.63, 3.8) is 0 Å². The molecule has 2 aromatic rings. The van der Waals surface area contributed by atoms with Crippen LogP contribution in [0.3, 0.4) is 0 Å². The Bertz CT molecular complexity index is 708. The first-order valence-corrected chi connectivity index (χ1v) is 8.36. The lowest BCUT2D eigenvalue weighted by Gasteiger charge is -2.14. The zero-order chi connectivity index (χ0) is 17.0. The minimum atomic E-state index is -0.407. The lowest BCUT2D eigenvalue weighted by atomic mass is 10.0. The molecule has 0 radical (unpaired) electrons. The SMILES string of the molecule is Cc1ccc(C)c(OCC(=O)Oc2ccc(Br)cc2C(C)C)c1. The van der Waals surface area contributed by atoms with E-state index in [1.807, 2.05) is 44.2 Å². The van der Waals surface area contributed by atoms with Crippen molar-refractivity contribution >= 4 is 21.9 Å². The van der Waals surface area contributed by atoms with Gasteiger partial charge in [0.05, 0.1) is 0 Å². The summed E-state index contributed by atoms with van der Waals surface area (Å²) in [7, 11) is 0. The second-order valence-electron chi connectivity index (χ2n) is 5.87. The number of aryl methyl sites for hydroxylation is 2. The standard InChI is InChI=1S/C19H21BrO3/c1-12(2)16-10-15(20)7-8-17(16)23-19(21)11-22-18-9-13(3)5-6-14(18)4/h5-10,12H,11H2,1-4H3. The molecule has 2 rings (SSSR count). The Morgan fingerprint density at radius 3 is 2.52 bits per heavy atom. The molecule has 0 aromatic heterocycles. The molecule has 0 atom stereocenters. The lowest BCUT2D eigenvalue weighted by molar-refractivity contribution is -0.136. The third kappa shape index (κ3) is 4.83. The van der Waals surface area contributed by atoms with Crippen LogP contribution in [0, 0.1) is 13.8 Å². The van der Waals surface area contributed by atoms with Gasteiger partial charge in [-0.2, -0.15) is 0 Å². The first-order chi connectivity index (χ1) is 10.9. The fraction of sp³-hybridized carbons (Fsp3) is 0.316. The van der Waals surface area contributed by atoms with Gasteiger partial charge < -0.3 is 9.47 Å². The van der Waals surface area contributed by atoms with Crippen LogP contribution >= 0.6 is 15.9 Å². The molecule has 2 aromatic carbocycles. The predicted octanol–water partition coefficient (Wildman–Crippen LogP) is 5.17. The molecule has 0 saturated carbocycles. The third-order valence-corrected chi connectivity index (χ3v) is 4.00. The van der Waals surface area contributed by atoms with Gasteiger partial charge in [0.2, 0.25) is 0 Å². The smallest absolute Gasteiger partial charge is 0.349 e. The van der Waals surface area contributed by atoms with E-state index in [4.69, 9.17) is 9.47 Å². The first kappa shape index (κ1) is 17.5. The van der Waals surface area contributed by atoms with Gasteiger partial charge in [-0.3, -0.25) is 0 Å². The fourth-order valence-corrected chi connectivity index (χ4v) is 2.59. The highest BCUT2D eigenvalue weighted by molar-refractivity contribution is 9.10. The number of carbonyl (C=O) groups is 1. The molecule has 122 valence electrons. The van der Waals surface area contributed by atoms with E-state index in [0.717, 1.165) is 21.2 Å². The minimum absolute atomic E-state index is 0.113. The van der Waals surface area contributed by atoms with Crippen molar-refractivity contribution in [3.05, 3.63) is 57.6 Å². The maximum atomic E-state index is 12.1. The van der Waals surface area contributed by atoms with Crippen LogP contribution in [0.25, 0.3) is 0 Å². The van der Waals surface area contributed by atoms with Gasteiger partial charge >= 0.3 is 5.97 Å². The van der Waals surface area contributed by atoms with Crippen molar-refractivity contribution in [2.45, 2.75) is 33.6 Å². The Morgan fingerprint density at radius 2 is 1.83 bits per heavy atom. The summed E-state index contributed by atoms with van der Waals surface area (Å²) in [6.07, 6.45) is 0. The number of benzene rings is 2. The van der Waals surface area contributed by atoms with Crippen LogP contribution in [0.4, 0.5) is 0 Å². The van der Waals surface area contributed by atoms with Gasteiger partial charge in [-0.1, -0.05) is 41.9 Å². The number of rotatable bonds is 5. The molecule has 23 heavy (non-hydrogen) atoms. The maximum Gasteiger partial charge on any atom is 0.349 e. The fourth-order valence-electron chi connectivity index (χ4n) is 2.22. The van der Waals surface area contributed by atoms with E-state index in [1.165, 1.54) is 0 Å². The summed E-state index contributed by atoms with van der Waals surface area (Å²) < 4.78 is 12.0. The highest BCUT2D eigenvalue weighted by atomic mass is 79.9. The topological polar surface area (TPSA) is 35.5 Å². The Hall–Kier alpha value is -1.81. The van der Waals surface area contributed by atoms with Crippen LogP contribution in [0.15, 0.2) is 40.9 Å². The van der Waals surface area contributed by atoms with E-state index < -0.39 is 5.97 Å². The van der Waals surface area contributed by atoms with Crippen LogP contribution in [-0.2, 0) is 4.79 Å². The Kier molecular flexibility index (Phi) is 5.83. The summed E-state index contributed by atoms with van der Waals surface area (Å²) >= 11 is 3.44. The number of hydrogen-bond donors (Lipinski definition) is 0. The van der Waals surface area contributed by atoms with E-state index in [-0.39, 0.29) is 12.5 Å². The second kappa shape index (κ2) is 7.64. The summed E-state index contributed by atoms with van der Waals surface area (Å²) in [5, 5.41) is 0. The second-order valence-corrected chi connectivity index (χ2v) is 6.78. The van der Waals surface area contributed by atoms with Crippen LogP contribution < -0.4 is 9.47 Å². The van der Waals surface area contributed by atoms with Gasteiger partial charge in [-0.15, -0.1) is 0 Å². The minimum Gasteiger partial charge on any atom is -0.482 e. The summed E-state index contributed by atoms with van der Waals surface area (Å²) in [5.74, 6) is 1.14. The highest BCUT2D eigenvalue weighted by Crippen LogP contribution is 2.29. The molecule has 3 nitrogen and oxygen atoms in total. The summed E-state index contributed by atoms with van der Waals surface area (Å²) in [6, 6.07) is 11.5. The van der Waals surface area contributed by atoms with Crippen LogP contribution in [0.2, 0.25) is 0 Å². The van der Waals surface area contributed by atoms with Crippen molar-refractivity contribution in [1.82, 2.24) is 0 Å². The summed E-state index contributed by atoms with van der Waals surface area (Å²) in [5.41, 5.74) is 3.07. The number of esters is 1. The van der Waals surface area contributed by atoms with Crippen molar-refractivity contribution in [1.29, 1.82) is 0 Å². The number of hydrogen-bond acceptors (Lipinski definition) is 3. The molecule has 0 bridgehead atoms. The quantitative estimate of drug-likeness (QED) is 0.533. The zero-order valence-electron chi connectivity index (χ0n) is 13.9. The number of halogens is 1. The molecule has 0 saturated heterocycles. The Morgan fingerprint density at radius 1 is 1.09 bits per heavy atom. The predicted molar refractivity (Wildman–Crippen MR) is 95.3 cm³/mol. The van der Waals surface area contributed by atoms with Crippen molar-refractivity contribution in [2.24, 2.45) is 0 Å². The molecule has 0 fully saturated rings. The summed E-state index contributed by atoms with van der Waals surface area (Å²) in [4.78, 5) is 12.1. The summed E-state index contributed by atoms with van der Waals surface area (Å²) in [6.45, 7) is 7.95. The monoisotopic (exact) mass is 376 g/mol. The van der Waals surface area contributed by atoms with E-state index in [2.05, 4.69) is 29.8 Å². The molecule has 0 aliphatic carbocycles. The van der Waals surface area contributed by atoms with Gasteiger partial charge in [0.1, 0.15) is 11.5 Å². The molecule has 0 amide bonds. The van der Waals surface area contributed by atoms with Gasteiger partial charge in [-0.05, 0) is 60.7 Å². The average Bonchev–Trinajstić information content (AvgIpc) is 2.49.